The summed E-state index contributed by atoms with van der Waals surface area (Å²) in [6, 6.07) is 15.0. The Kier molecular flexibility index (Phi) is 3.93. The van der Waals surface area contributed by atoms with Crippen LogP contribution in [0.25, 0.3) is 10.8 Å². The molecule has 0 bridgehead atoms. The second kappa shape index (κ2) is 5.86. The van der Waals surface area contributed by atoms with Gasteiger partial charge in [-0.3, -0.25) is 9.69 Å². The van der Waals surface area contributed by atoms with E-state index in [-0.39, 0.29) is 11.8 Å². The van der Waals surface area contributed by atoms with Gasteiger partial charge >= 0.3 is 0 Å². The summed E-state index contributed by atoms with van der Waals surface area (Å²) in [6.07, 6.45) is 0.974. The second-order valence-corrected chi connectivity index (χ2v) is 6.09. The van der Waals surface area contributed by atoms with Gasteiger partial charge in [0.2, 0.25) is 5.91 Å². The van der Waals surface area contributed by atoms with E-state index in [1.165, 1.54) is 16.3 Å². The molecule has 0 radical (unpaired) electrons. The lowest BCUT2D eigenvalue weighted by Gasteiger charge is -2.19. The average Bonchev–Trinajstić information content (AvgIpc) is 2.95. The Balaban J connectivity index is 1.74. The lowest BCUT2D eigenvalue weighted by molar-refractivity contribution is -0.132. The van der Waals surface area contributed by atoms with Crippen molar-refractivity contribution in [1.29, 1.82) is 0 Å². The normalized spacial score (nSPS) is 19.0. The van der Waals surface area contributed by atoms with Gasteiger partial charge in [-0.2, -0.15) is 0 Å². The van der Waals surface area contributed by atoms with E-state index < -0.39 is 0 Å². The van der Waals surface area contributed by atoms with Gasteiger partial charge in [0.1, 0.15) is 0 Å². The fraction of sp³-hybridized carbons (Fsp3) is 0.389. The minimum Gasteiger partial charge on any atom is -0.349 e. The molecule has 21 heavy (non-hydrogen) atoms. The maximum absolute atomic E-state index is 12.1. The Labute approximate surface area is 126 Å². The third-order valence-electron chi connectivity index (χ3n) is 4.34. The van der Waals surface area contributed by atoms with Crippen molar-refractivity contribution < 1.29 is 4.79 Å². The minimum atomic E-state index is 0.162. The monoisotopic (exact) mass is 282 g/mol. The van der Waals surface area contributed by atoms with Crippen molar-refractivity contribution in [3.05, 3.63) is 48.0 Å². The van der Waals surface area contributed by atoms with Crippen LogP contribution in [0.2, 0.25) is 0 Å². The highest BCUT2D eigenvalue weighted by Gasteiger charge is 2.29. The zero-order valence-corrected chi connectivity index (χ0v) is 12.7. The molecule has 1 fully saturated rings. The van der Waals surface area contributed by atoms with Crippen LogP contribution in [0.4, 0.5) is 0 Å². The predicted molar refractivity (Wildman–Crippen MR) is 86.0 cm³/mol. The van der Waals surface area contributed by atoms with E-state index in [1.54, 1.807) is 4.90 Å². The highest BCUT2D eigenvalue weighted by atomic mass is 16.2. The summed E-state index contributed by atoms with van der Waals surface area (Å²) in [5.74, 6) is 0.422. The predicted octanol–water partition coefficient (Wildman–Crippen LogP) is 2.75. The fourth-order valence-electron chi connectivity index (χ4n) is 3.21. The number of amides is 1. The summed E-state index contributed by atoms with van der Waals surface area (Å²) in [7, 11) is 3.69. The molecule has 3 rings (SSSR count). The highest BCUT2D eigenvalue weighted by Crippen LogP contribution is 2.24. The molecule has 1 unspecified atom stereocenters. The smallest absolute Gasteiger partial charge is 0.226 e. The van der Waals surface area contributed by atoms with Crippen LogP contribution >= 0.6 is 0 Å². The number of fused-ring (bicyclic) bond motifs is 1. The van der Waals surface area contributed by atoms with Crippen molar-refractivity contribution in [3.8, 4) is 0 Å². The molecule has 0 N–H and O–H groups in total. The molecule has 0 aliphatic carbocycles. The number of hydrogen-bond acceptors (Lipinski definition) is 2. The zero-order chi connectivity index (χ0) is 14.8. The van der Waals surface area contributed by atoms with Crippen molar-refractivity contribution in [2.75, 3.05) is 27.2 Å². The average molecular weight is 282 g/mol. The summed E-state index contributed by atoms with van der Waals surface area (Å²) in [5.41, 5.74) is 1.35. The van der Waals surface area contributed by atoms with Crippen LogP contribution in [0.15, 0.2) is 42.5 Å². The molecule has 0 spiro atoms. The second-order valence-electron chi connectivity index (χ2n) is 6.09. The van der Waals surface area contributed by atoms with Crippen LogP contribution in [0, 0.1) is 5.92 Å². The van der Waals surface area contributed by atoms with E-state index in [2.05, 4.69) is 47.4 Å². The topological polar surface area (TPSA) is 23.6 Å². The van der Waals surface area contributed by atoms with E-state index in [1.807, 2.05) is 14.1 Å². The van der Waals surface area contributed by atoms with Gasteiger partial charge in [-0.05, 0) is 29.3 Å². The maximum atomic E-state index is 12.1. The fourth-order valence-corrected chi connectivity index (χ4v) is 3.21. The minimum absolute atomic E-state index is 0.162. The number of benzene rings is 2. The third-order valence-corrected chi connectivity index (χ3v) is 4.34. The van der Waals surface area contributed by atoms with Gasteiger partial charge in [0.05, 0.1) is 5.92 Å². The number of rotatable bonds is 3. The number of carbonyl (C=O) groups excluding carboxylic acids is 1. The zero-order valence-electron chi connectivity index (χ0n) is 12.7. The molecule has 1 amide bonds. The lowest BCUT2D eigenvalue weighted by atomic mass is 10.0. The Hall–Kier alpha value is -1.87. The van der Waals surface area contributed by atoms with Gasteiger partial charge in [0.25, 0.3) is 0 Å². The SMILES string of the molecule is CN(C)C(=O)C1CCN(Cc2cccc3ccccc23)C1. The van der Waals surface area contributed by atoms with Gasteiger partial charge in [-0.15, -0.1) is 0 Å². The summed E-state index contributed by atoms with van der Waals surface area (Å²) in [5, 5.41) is 2.61. The molecule has 1 atom stereocenters. The van der Waals surface area contributed by atoms with Crippen molar-refractivity contribution in [2.45, 2.75) is 13.0 Å². The van der Waals surface area contributed by atoms with Crippen LogP contribution in [0.5, 0.6) is 0 Å². The maximum Gasteiger partial charge on any atom is 0.226 e. The van der Waals surface area contributed by atoms with Crippen LogP contribution in [0.3, 0.4) is 0 Å². The van der Waals surface area contributed by atoms with Crippen molar-refractivity contribution >= 4 is 16.7 Å². The lowest BCUT2D eigenvalue weighted by Crippen LogP contribution is -2.31. The molecule has 0 aromatic heterocycles. The first-order valence-electron chi connectivity index (χ1n) is 7.55. The van der Waals surface area contributed by atoms with Gasteiger partial charge in [0.15, 0.2) is 0 Å². The number of nitrogens with zero attached hydrogens (tertiary/aromatic N) is 2. The largest absolute Gasteiger partial charge is 0.349 e. The molecule has 1 aliphatic heterocycles. The van der Waals surface area contributed by atoms with Crippen molar-refractivity contribution in [3.63, 3.8) is 0 Å². The first-order chi connectivity index (χ1) is 10.1. The molecular formula is C18H22N2O. The molecule has 2 aromatic rings. The van der Waals surface area contributed by atoms with E-state index in [0.29, 0.717) is 0 Å². The molecule has 110 valence electrons. The third kappa shape index (κ3) is 2.93. The Morgan fingerprint density at radius 1 is 1.19 bits per heavy atom. The van der Waals surface area contributed by atoms with Gasteiger partial charge in [-0.1, -0.05) is 42.5 Å². The van der Waals surface area contributed by atoms with Crippen molar-refractivity contribution in [1.82, 2.24) is 9.80 Å². The molecule has 1 heterocycles. The molecule has 3 heteroatoms. The van der Waals surface area contributed by atoms with E-state index in [4.69, 9.17) is 0 Å². The number of likely N-dealkylation sites (tertiary alicyclic amines) is 1. The summed E-state index contributed by atoms with van der Waals surface area (Å²) in [6.45, 7) is 2.81. The van der Waals surface area contributed by atoms with E-state index in [9.17, 15) is 4.79 Å². The summed E-state index contributed by atoms with van der Waals surface area (Å²) < 4.78 is 0. The Bertz CT molecular complexity index is 645. The van der Waals surface area contributed by atoms with E-state index >= 15 is 0 Å². The molecule has 2 aromatic carbocycles. The number of hydrogen-bond donors (Lipinski definition) is 0. The quantitative estimate of drug-likeness (QED) is 0.864. The highest BCUT2D eigenvalue weighted by molar-refractivity contribution is 5.85. The summed E-state index contributed by atoms with van der Waals surface area (Å²) >= 11 is 0. The van der Waals surface area contributed by atoms with Crippen LogP contribution in [0.1, 0.15) is 12.0 Å². The van der Waals surface area contributed by atoms with Gasteiger partial charge in [0, 0.05) is 27.2 Å². The molecule has 1 saturated heterocycles. The molecule has 1 aliphatic rings. The van der Waals surface area contributed by atoms with Crippen LogP contribution < -0.4 is 0 Å². The first-order valence-corrected chi connectivity index (χ1v) is 7.55. The first kappa shape index (κ1) is 14.1. The van der Waals surface area contributed by atoms with Crippen LogP contribution in [-0.2, 0) is 11.3 Å². The Morgan fingerprint density at radius 3 is 2.76 bits per heavy atom. The molecule has 3 nitrogen and oxygen atoms in total. The van der Waals surface area contributed by atoms with Crippen LogP contribution in [-0.4, -0.2) is 42.9 Å². The standard InChI is InChI=1S/C18H22N2O/c1-19(2)18(21)16-10-11-20(13-16)12-15-8-5-7-14-6-3-4-9-17(14)15/h3-9,16H,10-13H2,1-2H3. The Morgan fingerprint density at radius 2 is 1.95 bits per heavy atom. The molecule has 0 saturated carbocycles. The van der Waals surface area contributed by atoms with Gasteiger partial charge < -0.3 is 4.90 Å². The molecular weight excluding hydrogens is 260 g/mol. The summed E-state index contributed by atoms with van der Waals surface area (Å²) in [4.78, 5) is 16.2. The number of carbonyl (C=O) groups is 1. The van der Waals surface area contributed by atoms with Gasteiger partial charge in [-0.25, -0.2) is 0 Å². The van der Waals surface area contributed by atoms with E-state index in [0.717, 1.165) is 26.1 Å². The van der Waals surface area contributed by atoms with Crippen molar-refractivity contribution in [2.24, 2.45) is 5.92 Å².